The highest BCUT2D eigenvalue weighted by Gasteiger charge is 2.48. The molecule has 0 aromatic rings. The molecule has 0 amide bonds. The Morgan fingerprint density at radius 3 is 2.47 bits per heavy atom. The maximum atomic E-state index is 11.4. The second-order valence-corrected chi connectivity index (χ2v) is 5.21. The second kappa shape index (κ2) is 5.23. The first-order chi connectivity index (χ1) is 7.85. The number of alkyl halides is 1. The van der Waals surface area contributed by atoms with Crippen LogP contribution in [0.15, 0.2) is 22.2 Å². The molecule has 0 spiro atoms. The number of rotatable bonds is 4. The summed E-state index contributed by atoms with van der Waals surface area (Å²) >= 11 is 8.83. The van der Waals surface area contributed by atoms with Crippen LogP contribution >= 0.6 is 27.5 Å². The van der Waals surface area contributed by atoms with Gasteiger partial charge in [0.05, 0.1) is 0 Å². The lowest BCUT2D eigenvalue weighted by molar-refractivity contribution is -0.148. The van der Waals surface area contributed by atoms with Crippen molar-refractivity contribution in [2.24, 2.45) is 11.3 Å². The summed E-state index contributed by atoms with van der Waals surface area (Å²) in [5.74, 6) is -2.61. The molecule has 17 heavy (non-hydrogen) atoms. The van der Waals surface area contributed by atoms with E-state index in [2.05, 4.69) is 15.9 Å². The normalized spacial score (nSPS) is 28.3. The van der Waals surface area contributed by atoms with Crippen LogP contribution in [0.5, 0.6) is 0 Å². The fourth-order valence-corrected chi connectivity index (χ4v) is 2.75. The second-order valence-electron chi connectivity index (χ2n) is 3.98. The molecular formula is C11H12BrClO4. The molecule has 0 aromatic carbocycles. The number of halogens is 2. The van der Waals surface area contributed by atoms with Gasteiger partial charge < -0.3 is 10.2 Å². The van der Waals surface area contributed by atoms with Crippen LogP contribution < -0.4 is 0 Å². The molecule has 6 heteroatoms. The van der Waals surface area contributed by atoms with Gasteiger partial charge in [-0.15, -0.1) is 11.6 Å². The summed E-state index contributed by atoms with van der Waals surface area (Å²) in [5.41, 5.74) is -1.20. The summed E-state index contributed by atoms with van der Waals surface area (Å²) in [7, 11) is 0. The molecule has 1 aliphatic rings. The van der Waals surface area contributed by atoms with E-state index >= 15 is 0 Å². The molecule has 0 fully saturated rings. The largest absolute Gasteiger partial charge is 0.481 e. The third kappa shape index (κ3) is 2.40. The molecule has 0 radical (unpaired) electrons. The molecule has 0 saturated carbocycles. The fourth-order valence-electron chi connectivity index (χ4n) is 1.95. The Kier molecular flexibility index (Phi) is 4.38. The van der Waals surface area contributed by atoms with Gasteiger partial charge in [-0.1, -0.05) is 28.1 Å². The van der Waals surface area contributed by atoms with Gasteiger partial charge in [-0.05, 0) is 13.3 Å². The van der Waals surface area contributed by atoms with Crippen LogP contribution in [0.25, 0.3) is 0 Å². The monoisotopic (exact) mass is 322 g/mol. The minimum atomic E-state index is -1.28. The molecule has 2 atom stereocenters. The number of allylic oxidation sites excluding steroid dienone is 2. The molecule has 1 aliphatic carbocycles. The molecule has 0 heterocycles. The highest BCUT2D eigenvalue weighted by Crippen LogP contribution is 2.47. The van der Waals surface area contributed by atoms with Gasteiger partial charge in [0.25, 0.3) is 0 Å². The molecule has 0 aromatic heterocycles. The highest BCUT2D eigenvalue weighted by atomic mass is 79.9. The van der Waals surface area contributed by atoms with Crippen molar-refractivity contribution in [1.82, 2.24) is 0 Å². The summed E-state index contributed by atoms with van der Waals surface area (Å²) in [4.78, 5) is 22.5. The van der Waals surface area contributed by atoms with Gasteiger partial charge in [-0.2, -0.15) is 0 Å². The molecule has 0 saturated heterocycles. The van der Waals surface area contributed by atoms with E-state index in [9.17, 15) is 14.7 Å². The number of carboxylic acid groups (broad SMARTS) is 2. The summed E-state index contributed by atoms with van der Waals surface area (Å²) in [6.45, 7) is 1.50. The molecule has 94 valence electrons. The zero-order chi connectivity index (χ0) is 13.2. The van der Waals surface area contributed by atoms with Crippen molar-refractivity contribution in [3.05, 3.63) is 22.2 Å². The Balaban J connectivity index is 3.30. The van der Waals surface area contributed by atoms with Crippen molar-refractivity contribution in [2.45, 2.75) is 13.3 Å². The summed E-state index contributed by atoms with van der Waals surface area (Å²) in [6.07, 6.45) is 3.20. The van der Waals surface area contributed by atoms with E-state index in [-0.39, 0.29) is 11.5 Å². The molecule has 0 aliphatic heterocycles. The van der Waals surface area contributed by atoms with Gasteiger partial charge in [0, 0.05) is 21.9 Å². The van der Waals surface area contributed by atoms with Crippen LogP contribution in [0.4, 0.5) is 0 Å². The van der Waals surface area contributed by atoms with Crippen molar-refractivity contribution in [2.75, 3.05) is 5.88 Å². The van der Waals surface area contributed by atoms with Crippen LogP contribution in [-0.4, -0.2) is 28.0 Å². The smallest absolute Gasteiger partial charge is 0.331 e. The van der Waals surface area contributed by atoms with Gasteiger partial charge >= 0.3 is 11.9 Å². The minimum Gasteiger partial charge on any atom is -0.481 e. The van der Waals surface area contributed by atoms with Crippen molar-refractivity contribution < 1.29 is 19.8 Å². The molecule has 2 unspecified atom stereocenters. The maximum Gasteiger partial charge on any atom is 0.331 e. The molecule has 2 N–H and O–H groups in total. The first-order valence-corrected chi connectivity index (χ1v) is 6.29. The zero-order valence-electron chi connectivity index (χ0n) is 9.11. The highest BCUT2D eigenvalue weighted by molar-refractivity contribution is 9.11. The van der Waals surface area contributed by atoms with Gasteiger partial charge in [0.15, 0.2) is 0 Å². The molecule has 1 rings (SSSR count). The third-order valence-electron chi connectivity index (χ3n) is 3.07. The Morgan fingerprint density at radius 2 is 2.06 bits per heavy atom. The lowest BCUT2D eigenvalue weighted by atomic mass is 9.69. The first kappa shape index (κ1) is 14.3. The number of aliphatic carboxylic acids is 2. The summed E-state index contributed by atoms with van der Waals surface area (Å²) < 4.78 is 0.456. The minimum absolute atomic E-state index is 0.0822. The molecular weight excluding hydrogens is 311 g/mol. The number of carbonyl (C=O) groups is 2. The lowest BCUT2D eigenvalue weighted by Gasteiger charge is -2.36. The number of hydrogen-bond acceptors (Lipinski definition) is 2. The van der Waals surface area contributed by atoms with E-state index in [0.29, 0.717) is 10.9 Å². The van der Waals surface area contributed by atoms with Crippen LogP contribution in [-0.2, 0) is 9.59 Å². The average Bonchev–Trinajstić information content (AvgIpc) is 2.24. The van der Waals surface area contributed by atoms with E-state index in [1.807, 2.05) is 0 Å². The first-order valence-electron chi connectivity index (χ1n) is 4.96. The van der Waals surface area contributed by atoms with E-state index in [1.54, 1.807) is 0 Å². The zero-order valence-corrected chi connectivity index (χ0v) is 11.5. The Morgan fingerprint density at radius 1 is 1.47 bits per heavy atom. The Bertz CT molecular complexity index is 416. The van der Waals surface area contributed by atoms with Crippen LogP contribution in [0, 0.1) is 11.3 Å². The quantitative estimate of drug-likeness (QED) is 0.780. The standard InChI is InChI=1S/C11H12BrClO4/c1-11(10(16)17)7(4-5-13)6(9(14)15)2-3-8(11)12/h2-3,7H,4-5H2,1H3,(H,14,15)(H,16,17). The SMILES string of the molecule is CC1(C(=O)O)C(Br)=CC=C(C(=O)O)C1CCCl. The van der Waals surface area contributed by atoms with Gasteiger partial charge in [0.2, 0.25) is 0 Å². The van der Waals surface area contributed by atoms with E-state index in [4.69, 9.17) is 16.7 Å². The number of carboxylic acids is 2. The van der Waals surface area contributed by atoms with Crippen LogP contribution in [0.3, 0.4) is 0 Å². The predicted molar refractivity (Wildman–Crippen MR) is 67.3 cm³/mol. The van der Waals surface area contributed by atoms with Crippen LogP contribution in [0.1, 0.15) is 13.3 Å². The van der Waals surface area contributed by atoms with Crippen molar-refractivity contribution in [1.29, 1.82) is 0 Å². The topological polar surface area (TPSA) is 74.6 Å². The fraction of sp³-hybridized carbons (Fsp3) is 0.455. The Hall–Kier alpha value is -0.810. The van der Waals surface area contributed by atoms with E-state index < -0.39 is 23.3 Å². The van der Waals surface area contributed by atoms with Crippen molar-refractivity contribution in [3.63, 3.8) is 0 Å². The number of hydrogen-bond donors (Lipinski definition) is 2. The van der Waals surface area contributed by atoms with Crippen LogP contribution in [0.2, 0.25) is 0 Å². The maximum absolute atomic E-state index is 11.4. The Labute approximate surface area is 112 Å². The van der Waals surface area contributed by atoms with Crippen molar-refractivity contribution >= 4 is 39.5 Å². The summed E-state index contributed by atoms with van der Waals surface area (Å²) in [5, 5.41) is 18.4. The van der Waals surface area contributed by atoms with Gasteiger partial charge in [0.1, 0.15) is 5.41 Å². The molecule has 0 bridgehead atoms. The lowest BCUT2D eigenvalue weighted by Crippen LogP contribution is -2.40. The molecule has 4 nitrogen and oxygen atoms in total. The van der Waals surface area contributed by atoms with E-state index in [1.165, 1.54) is 19.1 Å². The predicted octanol–water partition coefficient (Wildman–Crippen LogP) is 2.63. The van der Waals surface area contributed by atoms with E-state index in [0.717, 1.165) is 0 Å². The van der Waals surface area contributed by atoms with Crippen molar-refractivity contribution in [3.8, 4) is 0 Å². The van der Waals surface area contributed by atoms with Gasteiger partial charge in [-0.3, -0.25) is 4.79 Å². The average molecular weight is 324 g/mol. The van der Waals surface area contributed by atoms with Gasteiger partial charge in [-0.25, -0.2) is 4.79 Å². The summed E-state index contributed by atoms with van der Waals surface area (Å²) in [6, 6.07) is 0. The third-order valence-corrected chi connectivity index (χ3v) is 4.37.